The van der Waals surface area contributed by atoms with Crippen molar-refractivity contribution in [2.24, 2.45) is 0 Å². The molecule has 30 heavy (non-hydrogen) atoms. The molecule has 0 bridgehead atoms. The van der Waals surface area contributed by atoms with Crippen molar-refractivity contribution < 1.29 is 9.47 Å². The number of hydrogen-bond acceptors (Lipinski definition) is 3. The van der Waals surface area contributed by atoms with E-state index in [0.29, 0.717) is 24.0 Å². The maximum Gasteiger partial charge on any atom is 0.148 e. The number of imidazole rings is 1. The second-order valence-corrected chi connectivity index (χ2v) is 7.77. The average molecular weight is 421 g/mol. The van der Waals surface area contributed by atoms with E-state index in [2.05, 4.69) is 42.7 Å². The van der Waals surface area contributed by atoms with Gasteiger partial charge in [0.25, 0.3) is 0 Å². The second-order valence-electron chi connectivity index (χ2n) is 7.36. The molecular formula is C25H25ClN2O2. The molecule has 0 aliphatic carbocycles. The van der Waals surface area contributed by atoms with Crippen LogP contribution in [0.25, 0.3) is 11.0 Å². The minimum Gasteiger partial charge on any atom is -0.493 e. The molecule has 0 aliphatic heterocycles. The van der Waals surface area contributed by atoms with Crippen molar-refractivity contribution in [2.75, 3.05) is 6.61 Å². The monoisotopic (exact) mass is 420 g/mol. The fraction of sp³-hybridized carbons (Fsp3) is 0.240. The molecule has 5 heteroatoms. The summed E-state index contributed by atoms with van der Waals surface area (Å²) in [5.74, 6) is 2.49. The molecule has 0 atom stereocenters. The Labute approximate surface area is 182 Å². The van der Waals surface area contributed by atoms with Gasteiger partial charge in [0.05, 0.1) is 22.7 Å². The minimum absolute atomic E-state index is 0.357. The molecule has 0 N–H and O–H groups in total. The van der Waals surface area contributed by atoms with Gasteiger partial charge in [0.15, 0.2) is 0 Å². The van der Waals surface area contributed by atoms with E-state index in [0.717, 1.165) is 41.1 Å². The van der Waals surface area contributed by atoms with E-state index in [1.807, 2.05) is 42.5 Å². The Hall–Kier alpha value is -2.98. The SMILES string of the molecule is Cc1ccc(C)c(OCCCn2c(COc3ccccc3Cl)nc3ccccc32)c1. The van der Waals surface area contributed by atoms with Crippen LogP contribution in [0.2, 0.25) is 5.02 Å². The van der Waals surface area contributed by atoms with E-state index in [9.17, 15) is 0 Å². The highest BCUT2D eigenvalue weighted by molar-refractivity contribution is 6.32. The van der Waals surface area contributed by atoms with Gasteiger partial charge < -0.3 is 14.0 Å². The van der Waals surface area contributed by atoms with Crippen LogP contribution in [0.4, 0.5) is 0 Å². The van der Waals surface area contributed by atoms with Gasteiger partial charge in [-0.2, -0.15) is 0 Å². The maximum absolute atomic E-state index is 6.22. The Morgan fingerprint density at radius 1 is 0.900 bits per heavy atom. The number of para-hydroxylation sites is 3. The standard InChI is InChI=1S/C25H25ClN2O2/c1-18-12-13-19(2)24(16-18)29-15-7-14-28-22-10-5-4-9-21(22)27-25(28)17-30-23-11-6-3-8-20(23)26/h3-6,8-13,16H,7,14-15,17H2,1-2H3. The van der Waals surface area contributed by atoms with Gasteiger partial charge >= 0.3 is 0 Å². The lowest BCUT2D eigenvalue weighted by molar-refractivity contribution is 0.280. The number of ether oxygens (including phenoxy) is 2. The largest absolute Gasteiger partial charge is 0.493 e. The Bertz CT molecular complexity index is 1150. The van der Waals surface area contributed by atoms with Gasteiger partial charge in [-0.1, -0.05) is 48.0 Å². The second kappa shape index (κ2) is 9.23. The van der Waals surface area contributed by atoms with Crippen LogP contribution in [0.5, 0.6) is 11.5 Å². The van der Waals surface area contributed by atoms with Gasteiger partial charge in [0, 0.05) is 6.54 Å². The summed E-state index contributed by atoms with van der Waals surface area (Å²) in [4.78, 5) is 4.77. The van der Waals surface area contributed by atoms with Gasteiger partial charge in [0.2, 0.25) is 0 Å². The molecule has 4 aromatic rings. The molecule has 4 rings (SSSR count). The minimum atomic E-state index is 0.357. The lowest BCUT2D eigenvalue weighted by Crippen LogP contribution is -2.10. The number of fused-ring (bicyclic) bond motifs is 1. The van der Waals surface area contributed by atoms with Crippen LogP contribution in [0.1, 0.15) is 23.4 Å². The van der Waals surface area contributed by atoms with Crippen LogP contribution < -0.4 is 9.47 Å². The zero-order valence-electron chi connectivity index (χ0n) is 17.3. The summed E-state index contributed by atoms with van der Waals surface area (Å²) in [6.07, 6.45) is 0.868. The number of aromatic nitrogens is 2. The molecule has 0 fully saturated rings. The summed E-state index contributed by atoms with van der Waals surface area (Å²) in [5, 5.41) is 0.599. The fourth-order valence-electron chi connectivity index (χ4n) is 3.46. The van der Waals surface area contributed by atoms with Gasteiger partial charge in [-0.05, 0) is 61.7 Å². The first-order valence-corrected chi connectivity index (χ1v) is 10.5. The van der Waals surface area contributed by atoms with Crippen LogP contribution >= 0.6 is 11.6 Å². The van der Waals surface area contributed by atoms with E-state index in [1.54, 1.807) is 0 Å². The van der Waals surface area contributed by atoms with Crippen molar-refractivity contribution in [1.82, 2.24) is 9.55 Å². The van der Waals surface area contributed by atoms with E-state index in [-0.39, 0.29) is 0 Å². The number of nitrogens with zero attached hydrogens (tertiary/aromatic N) is 2. The van der Waals surface area contributed by atoms with Crippen molar-refractivity contribution in [2.45, 2.75) is 33.4 Å². The van der Waals surface area contributed by atoms with Crippen LogP contribution in [-0.4, -0.2) is 16.2 Å². The number of rotatable bonds is 8. The lowest BCUT2D eigenvalue weighted by Gasteiger charge is -2.13. The summed E-state index contributed by atoms with van der Waals surface area (Å²) in [6.45, 7) is 5.95. The van der Waals surface area contributed by atoms with Crippen LogP contribution in [0.15, 0.2) is 66.7 Å². The zero-order chi connectivity index (χ0) is 20.9. The fourth-order valence-corrected chi connectivity index (χ4v) is 3.65. The third-order valence-electron chi connectivity index (χ3n) is 5.05. The van der Waals surface area contributed by atoms with Crippen LogP contribution in [0.3, 0.4) is 0 Å². The van der Waals surface area contributed by atoms with Gasteiger partial charge in [-0.25, -0.2) is 4.98 Å². The molecule has 0 spiro atoms. The quantitative estimate of drug-likeness (QED) is 0.311. The highest BCUT2D eigenvalue weighted by atomic mass is 35.5. The highest BCUT2D eigenvalue weighted by Crippen LogP contribution is 2.25. The molecule has 0 radical (unpaired) electrons. The van der Waals surface area contributed by atoms with E-state index in [4.69, 9.17) is 26.1 Å². The first kappa shape index (κ1) is 20.3. The molecule has 1 aromatic heterocycles. The van der Waals surface area contributed by atoms with E-state index in [1.165, 1.54) is 5.56 Å². The van der Waals surface area contributed by atoms with Crippen molar-refractivity contribution in [3.8, 4) is 11.5 Å². The average Bonchev–Trinajstić information content (AvgIpc) is 3.10. The highest BCUT2D eigenvalue weighted by Gasteiger charge is 2.12. The number of halogens is 1. The predicted molar refractivity (Wildman–Crippen MR) is 122 cm³/mol. The van der Waals surface area contributed by atoms with Crippen LogP contribution in [0, 0.1) is 13.8 Å². The molecule has 154 valence electrons. The first-order valence-electron chi connectivity index (χ1n) is 10.1. The summed E-state index contributed by atoms with van der Waals surface area (Å²) in [5.41, 5.74) is 4.42. The van der Waals surface area contributed by atoms with E-state index < -0.39 is 0 Å². The van der Waals surface area contributed by atoms with Crippen molar-refractivity contribution in [3.05, 3.63) is 88.7 Å². The molecule has 0 saturated heterocycles. The zero-order valence-corrected chi connectivity index (χ0v) is 18.0. The molecule has 4 nitrogen and oxygen atoms in total. The molecule has 3 aromatic carbocycles. The summed E-state index contributed by atoms with van der Waals surface area (Å²) in [7, 11) is 0. The first-order chi connectivity index (χ1) is 14.6. The molecule has 0 amide bonds. The molecular weight excluding hydrogens is 396 g/mol. The number of hydrogen-bond donors (Lipinski definition) is 0. The Balaban J connectivity index is 1.46. The van der Waals surface area contributed by atoms with Crippen molar-refractivity contribution in [3.63, 3.8) is 0 Å². The molecule has 1 heterocycles. The Morgan fingerprint density at radius 3 is 2.57 bits per heavy atom. The predicted octanol–water partition coefficient (Wildman–Crippen LogP) is 6.35. The molecule has 0 unspecified atom stereocenters. The smallest absolute Gasteiger partial charge is 0.148 e. The Morgan fingerprint density at radius 2 is 1.70 bits per heavy atom. The third kappa shape index (κ3) is 4.60. The molecule has 0 aliphatic rings. The maximum atomic E-state index is 6.22. The summed E-state index contributed by atoms with van der Waals surface area (Å²) >= 11 is 6.22. The molecule has 0 saturated carbocycles. The van der Waals surface area contributed by atoms with E-state index >= 15 is 0 Å². The lowest BCUT2D eigenvalue weighted by atomic mass is 10.1. The number of benzene rings is 3. The van der Waals surface area contributed by atoms with Crippen molar-refractivity contribution >= 4 is 22.6 Å². The summed E-state index contributed by atoms with van der Waals surface area (Å²) < 4.78 is 14.2. The number of aryl methyl sites for hydroxylation is 3. The van der Waals surface area contributed by atoms with Gasteiger partial charge in [-0.15, -0.1) is 0 Å². The van der Waals surface area contributed by atoms with Crippen molar-refractivity contribution in [1.29, 1.82) is 0 Å². The van der Waals surface area contributed by atoms with Gasteiger partial charge in [0.1, 0.15) is 23.9 Å². The third-order valence-corrected chi connectivity index (χ3v) is 5.37. The van der Waals surface area contributed by atoms with Crippen LogP contribution in [-0.2, 0) is 13.2 Å². The summed E-state index contributed by atoms with van der Waals surface area (Å²) in [6, 6.07) is 21.9. The van der Waals surface area contributed by atoms with Gasteiger partial charge in [-0.3, -0.25) is 0 Å². The Kier molecular flexibility index (Phi) is 6.24. The normalized spacial score (nSPS) is 11.0. The topological polar surface area (TPSA) is 36.3 Å².